The molecule has 0 aliphatic heterocycles. The standard InChI is InChI=1S/C18H19F2NO3/c1-3-21(2)18(23)12-5-4-6-14(9-12)24-11-17(22)15-8-7-13(19)10-16(15)20/h4-10,17,22H,3,11H2,1-2H3. The van der Waals surface area contributed by atoms with Crippen LogP contribution >= 0.6 is 0 Å². The van der Waals surface area contributed by atoms with Gasteiger partial charge in [0.2, 0.25) is 0 Å². The van der Waals surface area contributed by atoms with E-state index in [1.54, 1.807) is 36.2 Å². The molecular formula is C18H19F2NO3. The van der Waals surface area contributed by atoms with E-state index in [4.69, 9.17) is 4.74 Å². The molecule has 0 aliphatic rings. The summed E-state index contributed by atoms with van der Waals surface area (Å²) in [5.74, 6) is -1.31. The van der Waals surface area contributed by atoms with Gasteiger partial charge < -0.3 is 14.7 Å². The number of hydrogen-bond acceptors (Lipinski definition) is 3. The zero-order chi connectivity index (χ0) is 17.7. The van der Waals surface area contributed by atoms with Gasteiger partial charge in [0, 0.05) is 30.8 Å². The lowest BCUT2D eigenvalue weighted by atomic mass is 10.1. The van der Waals surface area contributed by atoms with Crippen LogP contribution in [0.5, 0.6) is 5.75 Å². The molecule has 0 heterocycles. The Hall–Kier alpha value is -2.47. The third-order valence-electron chi connectivity index (χ3n) is 3.63. The molecule has 1 atom stereocenters. The molecule has 1 N–H and O–H groups in total. The van der Waals surface area contributed by atoms with Crippen molar-refractivity contribution in [3.8, 4) is 5.75 Å². The Morgan fingerprint density at radius 2 is 2.00 bits per heavy atom. The van der Waals surface area contributed by atoms with E-state index in [1.807, 2.05) is 6.92 Å². The molecular weight excluding hydrogens is 316 g/mol. The molecule has 2 aromatic carbocycles. The molecule has 0 saturated carbocycles. The maximum Gasteiger partial charge on any atom is 0.253 e. The van der Waals surface area contributed by atoms with Crippen molar-refractivity contribution in [1.29, 1.82) is 0 Å². The van der Waals surface area contributed by atoms with Crippen LogP contribution in [0.1, 0.15) is 28.9 Å². The first kappa shape index (κ1) is 17.9. The summed E-state index contributed by atoms with van der Waals surface area (Å²) in [6.45, 7) is 2.22. The average molecular weight is 335 g/mol. The Morgan fingerprint density at radius 3 is 2.67 bits per heavy atom. The van der Waals surface area contributed by atoms with Crippen LogP contribution in [0, 0.1) is 11.6 Å². The van der Waals surface area contributed by atoms with E-state index < -0.39 is 17.7 Å². The lowest BCUT2D eigenvalue weighted by Gasteiger charge is -2.16. The SMILES string of the molecule is CCN(C)C(=O)c1cccc(OCC(O)c2ccc(F)cc2F)c1. The quantitative estimate of drug-likeness (QED) is 0.882. The Labute approximate surface area is 139 Å². The number of carbonyl (C=O) groups excluding carboxylic acids is 1. The highest BCUT2D eigenvalue weighted by atomic mass is 19.1. The van der Waals surface area contributed by atoms with Gasteiger partial charge in [-0.2, -0.15) is 0 Å². The summed E-state index contributed by atoms with van der Waals surface area (Å²) in [5, 5.41) is 10.00. The van der Waals surface area contributed by atoms with Gasteiger partial charge in [-0.3, -0.25) is 4.79 Å². The van der Waals surface area contributed by atoms with Crippen molar-refractivity contribution >= 4 is 5.91 Å². The minimum absolute atomic E-state index is 0.0469. The van der Waals surface area contributed by atoms with Crippen LogP contribution in [-0.4, -0.2) is 36.1 Å². The summed E-state index contributed by atoms with van der Waals surface area (Å²) in [7, 11) is 1.69. The lowest BCUT2D eigenvalue weighted by Crippen LogP contribution is -2.26. The fourth-order valence-corrected chi connectivity index (χ4v) is 2.12. The third-order valence-corrected chi connectivity index (χ3v) is 3.63. The molecule has 1 unspecified atom stereocenters. The molecule has 128 valence electrons. The number of halogens is 2. The second-order valence-corrected chi connectivity index (χ2v) is 5.34. The monoisotopic (exact) mass is 335 g/mol. The predicted molar refractivity (Wildman–Crippen MR) is 85.9 cm³/mol. The summed E-state index contributed by atoms with van der Waals surface area (Å²) in [5.41, 5.74) is 0.411. The van der Waals surface area contributed by atoms with Crippen molar-refractivity contribution in [3.05, 3.63) is 65.2 Å². The van der Waals surface area contributed by atoms with Crippen molar-refractivity contribution in [2.45, 2.75) is 13.0 Å². The number of rotatable bonds is 6. The third kappa shape index (κ3) is 4.29. The molecule has 0 bridgehead atoms. The normalized spacial score (nSPS) is 11.9. The molecule has 6 heteroatoms. The minimum atomic E-state index is -1.25. The van der Waals surface area contributed by atoms with Crippen LogP contribution < -0.4 is 4.74 Å². The van der Waals surface area contributed by atoms with Crippen LogP contribution in [0.15, 0.2) is 42.5 Å². The molecule has 0 aliphatic carbocycles. The number of carbonyl (C=O) groups is 1. The molecule has 0 spiro atoms. The Morgan fingerprint density at radius 1 is 1.25 bits per heavy atom. The summed E-state index contributed by atoms with van der Waals surface area (Å²) >= 11 is 0. The van der Waals surface area contributed by atoms with Crippen molar-refractivity contribution in [2.75, 3.05) is 20.2 Å². The van der Waals surface area contributed by atoms with Gasteiger partial charge in [0.05, 0.1) is 0 Å². The molecule has 0 fully saturated rings. The van der Waals surface area contributed by atoms with Gasteiger partial charge in [-0.05, 0) is 31.2 Å². The number of nitrogens with zero attached hydrogens (tertiary/aromatic N) is 1. The van der Waals surface area contributed by atoms with Crippen molar-refractivity contribution in [3.63, 3.8) is 0 Å². The van der Waals surface area contributed by atoms with Gasteiger partial charge in [0.25, 0.3) is 5.91 Å². The maximum atomic E-state index is 13.6. The first-order chi connectivity index (χ1) is 11.4. The van der Waals surface area contributed by atoms with Crippen LogP contribution in [0.4, 0.5) is 8.78 Å². The second kappa shape index (κ2) is 7.88. The van der Waals surface area contributed by atoms with Gasteiger partial charge in [0.15, 0.2) is 0 Å². The molecule has 0 saturated heterocycles. The van der Waals surface area contributed by atoms with E-state index in [0.29, 0.717) is 23.9 Å². The van der Waals surface area contributed by atoms with Crippen LogP contribution in [0.2, 0.25) is 0 Å². The van der Waals surface area contributed by atoms with Gasteiger partial charge in [-0.1, -0.05) is 12.1 Å². The van der Waals surface area contributed by atoms with E-state index in [9.17, 15) is 18.7 Å². The van der Waals surface area contributed by atoms with Crippen molar-refractivity contribution in [1.82, 2.24) is 4.90 Å². The maximum absolute atomic E-state index is 13.6. The van der Waals surface area contributed by atoms with E-state index in [2.05, 4.69) is 0 Å². The summed E-state index contributed by atoms with van der Waals surface area (Å²) in [4.78, 5) is 13.7. The molecule has 0 aromatic heterocycles. The number of benzene rings is 2. The Balaban J connectivity index is 2.05. The molecule has 24 heavy (non-hydrogen) atoms. The largest absolute Gasteiger partial charge is 0.491 e. The van der Waals surface area contributed by atoms with Crippen molar-refractivity contribution < 1.29 is 23.4 Å². The van der Waals surface area contributed by atoms with Crippen molar-refractivity contribution in [2.24, 2.45) is 0 Å². The summed E-state index contributed by atoms with van der Waals surface area (Å²) < 4.78 is 31.9. The topological polar surface area (TPSA) is 49.8 Å². The smallest absolute Gasteiger partial charge is 0.253 e. The predicted octanol–water partition coefficient (Wildman–Crippen LogP) is 3.17. The van der Waals surface area contributed by atoms with Gasteiger partial charge >= 0.3 is 0 Å². The van der Waals surface area contributed by atoms with Gasteiger partial charge in [-0.15, -0.1) is 0 Å². The highest BCUT2D eigenvalue weighted by Gasteiger charge is 2.15. The number of aliphatic hydroxyl groups excluding tert-OH is 1. The van der Waals surface area contributed by atoms with Crippen LogP contribution in [-0.2, 0) is 0 Å². The fraction of sp³-hybridized carbons (Fsp3) is 0.278. The van der Waals surface area contributed by atoms with E-state index in [1.165, 1.54) is 6.07 Å². The average Bonchev–Trinajstić information content (AvgIpc) is 2.58. The Kier molecular flexibility index (Phi) is 5.87. The van der Waals surface area contributed by atoms with E-state index in [-0.39, 0.29) is 18.1 Å². The fourth-order valence-electron chi connectivity index (χ4n) is 2.12. The molecule has 2 aromatic rings. The van der Waals surface area contributed by atoms with Gasteiger partial charge in [-0.25, -0.2) is 8.78 Å². The van der Waals surface area contributed by atoms with E-state index in [0.717, 1.165) is 6.07 Å². The Bertz CT molecular complexity index is 721. The van der Waals surface area contributed by atoms with Gasteiger partial charge in [0.1, 0.15) is 30.1 Å². The second-order valence-electron chi connectivity index (χ2n) is 5.34. The summed E-state index contributed by atoms with van der Waals surface area (Å²) in [6.07, 6.45) is -1.25. The zero-order valence-corrected chi connectivity index (χ0v) is 13.5. The minimum Gasteiger partial charge on any atom is -0.491 e. The van der Waals surface area contributed by atoms with Crippen LogP contribution in [0.3, 0.4) is 0 Å². The first-order valence-electron chi connectivity index (χ1n) is 7.53. The number of aliphatic hydroxyl groups is 1. The van der Waals surface area contributed by atoms with E-state index >= 15 is 0 Å². The van der Waals surface area contributed by atoms with Crippen LogP contribution in [0.25, 0.3) is 0 Å². The zero-order valence-electron chi connectivity index (χ0n) is 13.5. The highest BCUT2D eigenvalue weighted by molar-refractivity contribution is 5.94. The lowest BCUT2D eigenvalue weighted by molar-refractivity contribution is 0.0801. The highest BCUT2D eigenvalue weighted by Crippen LogP contribution is 2.21. The molecule has 2 rings (SSSR count). The number of hydrogen-bond donors (Lipinski definition) is 1. The first-order valence-corrected chi connectivity index (χ1v) is 7.53. The molecule has 1 amide bonds. The molecule has 4 nitrogen and oxygen atoms in total. The number of ether oxygens (including phenoxy) is 1. The molecule has 0 radical (unpaired) electrons. The number of amides is 1. The summed E-state index contributed by atoms with van der Waals surface area (Å²) in [6, 6.07) is 9.47.